The molecule has 0 radical (unpaired) electrons. The highest BCUT2D eigenvalue weighted by atomic mass is 19.4. The van der Waals surface area contributed by atoms with Crippen LogP contribution in [-0.2, 0) is 12.8 Å². The fourth-order valence-electron chi connectivity index (χ4n) is 6.06. The Labute approximate surface area is 267 Å². The van der Waals surface area contributed by atoms with Crippen LogP contribution in [0.5, 0.6) is 11.5 Å². The molecule has 0 atom stereocenters. The standard InChI is InChI=1S/C19H20F3N5O.C13H17F3N2O/c20-19(21,22)28-15-4-2-1-3-13(15)11-18(23)6-9-27(10-7-18)17-14-5-8-24-16(14)25-12-26-17;14-13(15,16)19-11-4-2-1-3-10(11)9-12(17)5-7-18-8-6-12/h1-5,8,12H,6-7,9-11,23H2,(H,24,25,26);1-4,18H,5-9,17H2. The normalized spacial score (nSPS) is 17.9. The molecule has 4 aromatic rings. The topological polar surface area (TPSA) is 127 Å². The molecule has 0 spiro atoms. The minimum absolute atomic E-state index is 0.154. The van der Waals surface area contributed by atoms with Crippen LogP contribution in [0, 0.1) is 0 Å². The van der Waals surface area contributed by atoms with Gasteiger partial charge < -0.3 is 36.1 Å². The van der Waals surface area contributed by atoms with Crippen LogP contribution in [0.4, 0.5) is 32.2 Å². The van der Waals surface area contributed by atoms with Crippen molar-refractivity contribution in [1.29, 1.82) is 0 Å². The second-order valence-corrected chi connectivity index (χ2v) is 12.1. The smallest absolute Gasteiger partial charge is 0.406 e. The summed E-state index contributed by atoms with van der Waals surface area (Å²) < 4.78 is 83.2. The van der Waals surface area contributed by atoms with Crippen molar-refractivity contribution in [2.75, 3.05) is 31.1 Å². The van der Waals surface area contributed by atoms with Gasteiger partial charge in [0.15, 0.2) is 0 Å². The summed E-state index contributed by atoms with van der Waals surface area (Å²) in [6, 6.07) is 14.3. The quantitative estimate of drug-likeness (QED) is 0.188. The van der Waals surface area contributed by atoms with Gasteiger partial charge in [-0.1, -0.05) is 36.4 Å². The Kier molecular flexibility index (Phi) is 10.2. The third kappa shape index (κ3) is 9.49. The van der Waals surface area contributed by atoms with Gasteiger partial charge in [0.25, 0.3) is 0 Å². The molecule has 2 aromatic heterocycles. The van der Waals surface area contributed by atoms with E-state index in [2.05, 4.69) is 34.6 Å². The van der Waals surface area contributed by atoms with Crippen molar-refractivity contribution in [1.82, 2.24) is 20.3 Å². The van der Waals surface area contributed by atoms with E-state index >= 15 is 0 Å². The molecule has 2 aliphatic rings. The number of halogens is 6. The summed E-state index contributed by atoms with van der Waals surface area (Å²) in [4.78, 5) is 13.8. The number of fused-ring (bicyclic) bond motifs is 1. The van der Waals surface area contributed by atoms with Gasteiger partial charge in [0.05, 0.1) is 5.39 Å². The molecule has 2 fully saturated rings. The number of rotatable bonds is 7. The Morgan fingerprint density at radius 1 is 0.723 bits per heavy atom. The monoisotopic (exact) mass is 665 g/mol. The molecule has 2 saturated heterocycles. The number of aromatic nitrogens is 3. The van der Waals surface area contributed by atoms with Gasteiger partial charge >= 0.3 is 12.7 Å². The number of nitrogens with two attached hydrogens (primary N) is 2. The lowest BCUT2D eigenvalue weighted by molar-refractivity contribution is -0.276. The number of para-hydroxylation sites is 2. The lowest BCUT2D eigenvalue weighted by Crippen LogP contribution is -2.52. The zero-order chi connectivity index (χ0) is 33.7. The Morgan fingerprint density at radius 3 is 1.77 bits per heavy atom. The molecule has 2 aliphatic heterocycles. The highest BCUT2D eigenvalue weighted by Crippen LogP contribution is 2.34. The number of anilines is 1. The zero-order valence-electron chi connectivity index (χ0n) is 25.5. The van der Waals surface area contributed by atoms with Gasteiger partial charge in [-0.2, -0.15) is 0 Å². The average Bonchev–Trinajstić information content (AvgIpc) is 3.48. The lowest BCUT2D eigenvalue weighted by atomic mass is 9.82. The Morgan fingerprint density at radius 2 is 1.23 bits per heavy atom. The molecule has 6 N–H and O–H groups in total. The first-order valence-electron chi connectivity index (χ1n) is 15.2. The molecule has 4 heterocycles. The molecular weight excluding hydrogens is 628 g/mol. The second kappa shape index (κ2) is 14.0. The number of benzene rings is 2. The summed E-state index contributed by atoms with van der Waals surface area (Å²) in [6.07, 6.45) is -2.62. The van der Waals surface area contributed by atoms with Gasteiger partial charge in [0.2, 0.25) is 0 Å². The summed E-state index contributed by atoms with van der Waals surface area (Å²) in [7, 11) is 0. The molecule has 2 aromatic carbocycles. The van der Waals surface area contributed by atoms with Crippen LogP contribution in [-0.4, -0.2) is 64.9 Å². The molecule has 6 rings (SSSR count). The van der Waals surface area contributed by atoms with Gasteiger partial charge in [-0.25, -0.2) is 9.97 Å². The summed E-state index contributed by atoms with van der Waals surface area (Å²) in [6.45, 7) is 2.91. The van der Waals surface area contributed by atoms with Crippen LogP contribution >= 0.6 is 0 Å². The maximum atomic E-state index is 12.7. The van der Waals surface area contributed by atoms with E-state index in [1.54, 1.807) is 24.3 Å². The van der Waals surface area contributed by atoms with E-state index in [-0.39, 0.29) is 11.5 Å². The largest absolute Gasteiger partial charge is 0.573 e. The summed E-state index contributed by atoms with van der Waals surface area (Å²) >= 11 is 0. The molecule has 0 bridgehead atoms. The summed E-state index contributed by atoms with van der Waals surface area (Å²) in [5.41, 5.74) is 13.5. The molecular formula is C32H37F6N7O2. The van der Waals surface area contributed by atoms with Gasteiger partial charge in [-0.15, -0.1) is 26.3 Å². The average molecular weight is 666 g/mol. The van der Waals surface area contributed by atoms with E-state index < -0.39 is 23.8 Å². The number of hydrogen-bond acceptors (Lipinski definition) is 8. The molecule has 254 valence electrons. The second-order valence-electron chi connectivity index (χ2n) is 12.1. The van der Waals surface area contributed by atoms with Crippen LogP contribution < -0.4 is 31.2 Å². The minimum atomic E-state index is -4.73. The first-order valence-corrected chi connectivity index (χ1v) is 15.2. The van der Waals surface area contributed by atoms with Crippen LogP contribution in [0.2, 0.25) is 0 Å². The fraction of sp³-hybridized carbons (Fsp3) is 0.438. The van der Waals surface area contributed by atoms with Crippen LogP contribution in [0.15, 0.2) is 67.1 Å². The number of aromatic amines is 1. The highest BCUT2D eigenvalue weighted by Gasteiger charge is 2.36. The molecule has 9 nitrogen and oxygen atoms in total. The Bertz CT molecular complexity index is 1610. The van der Waals surface area contributed by atoms with Crippen molar-refractivity contribution in [2.24, 2.45) is 11.5 Å². The number of H-pyrrole nitrogens is 1. The van der Waals surface area contributed by atoms with E-state index in [9.17, 15) is 26.3 Å². The van der Waals surface area contributed by atoms with E-state index in [1.165, 1.54) is 30.6 Å². The van der Waals surface area contributed by atoms with E-state index in [1.807, 2.05) is 12.3 Å². The first-order chi connectivity index (χ1) is 22.2. The van der Waals surface area contributed by atoms with E-state index in [4.69, 9.17) is 11.5 Å². The van der Waals surface area contributed by atoms with Gasteiger partial charge in [-0.05, 0) is 80.9 Å². The Hall–Kier alpha value is -4.08. The number of nitrogens with one attached hydrogen (secondary N) is 2. The number of alkyl halides is 6. The van der Waals surface area contributed by atoms with Crippen LogP contribution in [0.3, 0.4) is 0 Å². The summed E-state index contributed by atoms with van der Waals surface area (Å²) in [5, 5.41) is 4.13. The third-order valence-corrected chi connectivity index (χ3v) is 8.47. The van der Waals surface area contributed by atoms with Crippen LogP contribution in [0.1, 0.15) is 36.8 Å². The Balaban J connectivity index is 0.000000199. The number of hydrogen-bond donors (Lipinski definition) is 4. The summed E-state index contributed by atoms with van der Waals surface area (Å²) in [5.74, 6) is 0.500. The highest BCUT2D eigenvalue weighted by molar-refractivity contribution is 5.87. The number of nitrogens with zero attached hydrogens (tertiary/aromatic N) is 3. The van der Waals surface area contributed by atoms with E-state index in [0.29, 0.717) is 49.9 Å². The fourth-order valence-corrected chi connectivity index (χ4v) is 6.06. The van der Waals surface area contributed by atoms with Crippen molar-refractivity contribution < 1.29 is 35.8 Å². The molecule has 0 unspecified atom stereocenters. The first kappa shape index (κ1) is 34.3. The van der Waals surface area contributed by atoms with Gasteiger partial charge in [0.1, 0.15) is 29.3 Å². The maximum Gasteiger partial charge on any atom is 0.573 e. The number of piperidine rings is 2. The van der Waals surface area contributed by atoms with Crippen molar-refractivity contribution in [3.8, 4) is 11.5 Å². The van der Waals surface area contributed by atoms with Gasteiger partial charge in [-0.3, -0.25) is 0 Å². The maximum absolute atomic E-state index is 12.7. The molecule has 0 amide bonds. The number of ether oxygens (including phenoxy) is 2. The van der Waals surface area contributed by atoms with Crippen molar-refractivity contribution in [3.05, 3.63) is 78.2 Å². The van der Waals surface area contributed by atoms with Crippen molar-refractivity contribution >= 4 is 16.9 Å². The lowest BCUT2D eigenvalue weighted by Gasteiger charge is -2.40. The predicted octanol–water partition coefficient (Wildman–Crippen LogP) is 5.61. The SMILES string of the molecule is NC1(Cc2ccccc2OC(F)(F)F)CCN(c2ncnc3[nH]ccc23)CC1.NC1(Cc2ccccc2OC(F)(F)F)CCNCC1. The minimum Gasteiger partial charge on any atom is -0.406 e. The molecule has 0 saturated carbocycles. The molecule has 15 heteroatoms. The van der Waals surface area contributed by atoms with Gasteiger partial charge in [0, 0.05) is 30.4 Å². The van der Waals surface area contributed by atoms with Crippen molar-refractivity contribution in [2.45, 2.75) is 62.3 Å². The van der Waals surface area contributed by atoms with Crippen molar-refractivity contribution in [3.63, 3.8) is 0 Å². The zero-order valence-corrected chi connectivity index (χ0v) is 25.5. The molecule has 0 aliphatic carbocycles. The molecule has 47 heavy (non-hydrogen) atoms. The predicted molar refractivity (Wildman–Crippen MR) is 165 cm³/mol. The van der Waals surface area contributed by atoms with Crippen LogP contribution in [0.25, 0.3) is 11.0 Å². The third-order valence-electron chi connectivity index (χ3n) is 8.47. The van der Waals surface area contributed by atoms with E-state index in [0.717, 1.165) is 42.8 Å².